The van der Waals surface area contributed by atoms with E-state index >= 15 is 0 Å². The van der Waals surface area contributed by atoms with Crippen LogP contribution in [0.5, 0.6) is 0 Å². The second-order valence-corrected chi connectivity index (χ2v) is 8.80. The Morgan fingerprint density at radius 1 is 1.17 bits per heavy atom. The fourth-order valence-electron chi connectivity index (χ4n) is 3.10. The van der Waals surface area contributed by atoms with Gasteiger partial charge in [0.15, 0.2) is 6.61 Å². The molecule has 1 amide bonds. The van der Waals surface area contributed by atoms with Crippen LogP contribution in [0.15, 0.2) is 53.4 Å². The van der Waals surface area contributed by atoms with Crippen molar-refractivity contribution in [3.05, 3.63) is 59.7 Å². The van der Waals surface area contributed by atoms with Crippen molar-refractivity contribution < 1.29 is 22.7 Å². The van der Waals surface area contributed by atoms with E-state index in [0.29, 0.717) is 18.7 Å². The van der Waals surface area contributed by atoms with Crippen molar-refractivity contribution >= 4 is 27.6 Å². The summed E-state index contributed by atoms with van der Waals surface area (Å²) in [7, 11) is -3.81. The maximum Gasteiger partial charge on any atom is 0.338 e. The number of benzene rings is 2. The SMILES string of the molecule is CCC(C)NC(=O)COC(=O)c1cccc(S(=O)(=O)N2CCc3ccccc32)c1. The minimum absolute atomic E-state index is 0.00714. The average Bonchev–Trinajstić information content (AvgIpc) is 3.17. The highest BCUT2D eigenvalue weighted by molar-refractivity contribution is 7.92. The summed E-state index contributed by atoms with van der Waals surface area (Å²) in [6, 6.07) is 13.0. The Morgan fingerprint density at radius 3 is 2.69 bits per heavy atom. The van der Waals surface area contributed by atoms with Gasteiger partial charge in [0.25, 0.3) is 15.9 Å². The lowest BCUT2D eigenvalue weighted by Crippen LogP contribution is -2.35. The lowest BCUT2D eigenvalue weighted by atomic mass is 10.2. The molecule has 1 aliphatic rings. The second kappa shape index (κ2) is 8.65. The second-order valence-electron chi connectivity index (χ2n) is 6.94. The van der Waals surface area contributed by atoms with Crippen molar-refractivity contribution in [3.63, 3.8) is 0 Å². The van der Waals surface area contributed by atoms with Gasteiger partial charge in [0.2, 0.25) is 0 Å². The predicted octanol–water partition coefficient (Wildman–Crippen LogP) is 2.51. The predicted molar refractivity (Wildman–Crippen MR) is 109 cm³/mol. The summed E-state index contributed by atoms with van der Waals surface area (Å²) >= 11 is 0. The molecule has 29 heavy (non-hydrogen) atoms. The smallest absolute Gasteiger partial charge is 0.338 e. The maximum absolute atomic E-state index is 13.1. The molecule has 0 fully saturated rings. The molecule has 0 radical (unpaired) electrons. The summed E-state index contributed by atoms with van der Waals surface area (Å²) in [6.07, 6.45) is 1.40. The number of carbonyl (C=O) groups is 2. The Kier molecular flexibility index (Phi) is 6.22. The van der Waals surface area contributed by atoms with Crippen LogP contribution >= 0.6 is 0 Å². The average molecular weight is 416 g/mol. The normalized spacial score (nSPS) is 14.2. The van der Waals surface area contributed by atoms with E-state index in [1.165, 1.54) is 28.6 Å². The molecule has 0 aliphatic carbocycles. The third kappa shape index (κ3) is 4.59. The summed E-state index contributed by atoms with van der Waals surface area (Å²) in [5.41, 5.74) is 1.70. The molecule has 1 N–H and O–H groups in total. The minimum Gasteiger partial charge on any atom is -0.452 e. The number of anilines is 1. The van der Waals surface area contributed by atoms with E-state index in [4.69, 9.17) is 4.74 Å². The van der Waals surface area contributed by atoms with Crippen molar-refractivity contribution in [1.82, 2.24) is 5.32 Å². The van der Waals surface area contributed by atoms with E-state index in [9.17, 15) is 18.0 Å². The van der Waals surface area contributed by atoms with Crippen molar-refractivity contribution in [1.29, 1.82) is 0 Å². The summed E-state index contributed by atoms with van der Waals surface area (Å²) in [6.45, 7) is 3.72. The van der Waals surface area contributed by atoms with Crippen LogP contribution < -0.4 is 9.62 Å². The first kappa shape index (κ1) is 20.9. The first-order valence-corrected chi connectivity index (χ1v) is 10.9. The van der Waals surface area contributed by atoms with Crippen LogP contribution in [0.4, 0.5) is 5.69 Å². The third-order valence-electron chi connectivity index (χ3n) is 4.86. The highest BCUT2D eigenvalue weighted by atomic mass is 32.2. The van der Waals surface area contributed by atoms with E-state index in [1.807, 2.05) is 26.0 Å². The van der Waals surface area contributed by atoms with Gasteiger partial charge in [-0.05, 0) is 49.6 Å². The fourth-order valence-corrected chi connectivity index (χ4v) is 4.65. The van der Waals surface area contributed by atoms with Crippen LogP contribution in [-0.2, 0) is 26.0 Å². The molecule has 7 nitrogen and oxygen atoms in total. The van der Waals surface area contributed by atoms with Gasteiger partial charge in [-0.15, -0.1) is 0 Å². The Labute approximate surface area is 170 Å². The minimum atomic E-state index is -3.81. The molecule has 3 rings (SSSR count). The number of ether oxygens (including phenoxy) is 1. The number of amides is 1. The maximum atomic E-state index is 13.1. The molecule has 1 atom stereocenters. The van der Waals surface area contributed by atoms with Gasteiger partial charge in [-0.3, -0.25) is 9.10 Å². The van der Waals surface area contributed by atoms with Gasteiger partial charge in [0.1, 0.15) is 0 Å². The van der Waals surface area contributed by atoms with Crippen molar-refractivity contribution in [2.24, 2.45) is 0 Å². The Hall–Kier alpha value is -2.87. The van der Waals surface area contributed by atoms with Crippen LogP contribution in [0, 0.1) is 0 Å². The number of carbonyl (C=O) groups excluding carboxylic acids is 2. The van der Waals surface area contributed by atoms with E-state index in [0.717, 1.165) is 12.0 Å². The molecule has 154 valence electrons. The molecule has 8 heteroatoms. The number of nitrogens with one attached hydrogen (secondary N) is 1. The summed E-state index contributed by atoms with van der Waals surface area (Å²) in [4.78, 5) is 24.1. The molecular weight excluding hydrogens is 392 g/mol. The summed E-state index contributed by atoms with van der Waals surface area (Å²) in [5.74, 6) is -1.15. The van der Waals surface area contributed by atoms with Crippen molar-refractivity contribution in [2.45, 2.75) is 37.6 Å². The first-order chi connectivity index (χ1) is 13.8. The van der Waals surface area contributed by atoms with Crippen LogP contribution in [0.1, 0.15) is 36.2 Å². The van der Waals surface area contributed by atoms with Gasteiger partial charge in [-0.2, -0.15) is 0 Å². The van der Waals surface area contributed by atoms with Crippen molar-refractivity contribution in [3.8, 4) is 0 Å². The standard InChI is InChI=1S/C21H24N2O5S/c1-3-15(2)22-20(24)14-28-21(25)17-8-6-9-18(13-17)29(26,27)23-12-11-16-7-4-5-10-19(16)23/h4-10,13,15H,3,11-12,14H2,1-2H3,(H,22,24). The van der Waals surface area contributed by atoms with Gasteiger partial charge >= 0.3 is 5.97 Å². The first-order valence-electron chi connectivity index (χ1n) is 9.50. The molecule has 1 aliphatic heterocycles. The molecule has 0 aromatic heterocycles. The van der Waals surface area contributed by atoms with Crippen molar-refractivity contribution in [2.75, 3.05) is 17.5 Å². The fraction of sp³-hybridized carbons (Fsp3) is 0.333. The molecule has 1 heterocycles. The van der Waals surface area contributed by atoms with E-state index in [2.05, 4.69) is 5.32 Å². The van der Waals surface area contributed by atoms with Crippen LogP contribution in [-0.4, -0.2) is 39.5 Å². The van der Waals surface area contributed by atoms with E-state index in [1.54, 1.807) is 12.1 Å². The number of fused-ring (bicyclic) bond motifs is 1. The van der Waals surface area contributed by atoms with Gasteiger partial charge in [0, 0.05) is 12.6 Å². The quantitative estimate of drug-likeness (QED) is 0.700. The Morgan fingerprint density at radius 2 is 1.93 bits per heavy atom. The molecule has 0 saturated heterocycles. The monoisotopic (exact) mass is 416 g/mol. The molecule has 2 aromatic carbocycles. The molecule has 0 spiro atoms. The molecular formula is C21H24N2O5S. The molecule has 2 aromatic rings. The number of sulfonamides is 1. The van der Waals surface area contributed by atoms with Gasteiger partial charge < -0.3 is 10.1 Å². The number of rotatable bonds is 7. The van der Waals surface area contributed by atoms with Crippen LogP contribution in [0.25, 0.3) is 0 Å². The van der Waals surface area contributed by atoms with Gasteiger partial charge in [-0.1, -0.05) is 31.2 Å². The lowest BCUT2D eigenvalue weighted by Gasteiger charge is -2.19. The Balaban J connectivity index is 1.74. The topological polar surface area (TPSA) is 92.8 Å². The zero-order chi connectivity index (χ0) is 21.0. The molecule has 1 unspecified atom stereocenters. The highest BCUT2D eigenvalue weighted by Gasteiger charge is 2.31. The number of para-hydroxylation sites is 1. The largest absolute Gasteiger partial charge is 0.452 e. The van der Waals surface area contributed by atoms with Crippen LogP contribution in [0.3, 0.4) is 0 Å². The van der Waals surface area contributed by atoms with Gasteiger partial charge in [-0.25, -0.2) is 13.2 Å². The summed E-state index contributed by atoms with van der Waals surface area (Å²) < 4.78 is 32.6. The zero-order valence-electron chi connectivity index (χ0n) is 16.4. The van der Waals surface area contributed by atoms with Gasteiger partial charge in [0.05, 0.1) is 16.1 Å². The number of hydrogen-bond acceptors (Lipinski definition) is 5. The lowest BCUT2D eigenvalue weighted by molar-refractivity contribution is -0.124. The highest BCUT2D eigenvalue weighted by Crippen LogP contribution is 2.32. The number of hydrogen-bond donors (Lipinski definition) is 1. The molecule has 0 saturated carbocycles. The summed E-state index contributed by atoms with van der Waals surface area (Å²) in [5, 5.41) is 2.70. The zero-order valence-corrected chi connectivity index (χ0v) is 17.2. The molecule has 0 bridgehead atoms. The Bertz CT molecular complexity index is 1020. The number of esters is 1. The van der Waals surface area contributed by atoms with E-state index in [-0.39, 0.29) is 16.5 Å². The number of nitrogens with zero attached hydrogens (tertiary/aromatic N) is 1. The van der Waals surface area contributed by atoms with E-state index < -0.39 is 28.5 Å². The third-order valence-corrected chi connectivity index (χ3v) is 6.67. The van der Waals surface area contributed by atoms with Crippen LogP contribution in [0.2, 0.25) is 0 Å².